The third-order valence-electron chi connectivity index (χ3n) is 3.12. The summed E-state index contributed by atoms with van der Waals surface area (Å²) in [5.74, 6) is -0.417. The summed E-state index contributed by atoms with van der Waals surface area (Å²) in [7, 11) is 0. The number of rotatable bonds is 3. The fourth-order valence-corrected chi connectivity index (χ4v) is 2.03. The molecular formula is C14H26FN3O2S. The van der Waals surface area contributed by atoms with Crippen LogP contribution in [0, 0.1) is 0 Å². The lowest BCUT2D eigenvalue weighted by Crippen LogP contribution is -2.46. The van der Waals surface area contributed by atoms with Crippen molar-refractivity contribution in [2.24, 2.45) is 5.73 Å². The number of likely N-dealkylation sites (tertiary alicyclic amines) is 1. The molecule has 7 heteroatoms. The number of carbonyl (C=O) groups excluding carboxylic acids is 1. The van der Waals surface area contributed by atoms with E-state index < -0.39 is 24.2 Å². The van der Waals surface area contributed by atoms with E-state index >= 15 is 0 Å². The monoisotopic (exact) mass is 319 g/mol. The number of nitrogens with two attached hydrogens (primary N) is 1. The van der Waals surface area contributed by atoms with Crippen molar-refractivity contribution in [1.82, 2.24) is 9.88 Å². The third-order valence-corrected chi connectivity index (χ3v) is 3.12. The second-order valence-electron chi connectivity index (χ2n) is 4.42. The van der Waals surface area contributed by atoms with Gasteiger partial charge in [-0.3, -0.25) is 9.78 Å². The van der Waals surface area contributed by atoms with Gasteiger partial charge in [-0.15, -0.1) is 0 Å². The number of carbonyl (C=O) groups is 1. The van der Waals surface area contributed by atoms with Crippen molar-refractivity contribution in [3.63, 3.8) is 0 Å². The van der Waals surface area contributed by atoms with Crippen molar-refractivity contribution in [3.8, 4) is 0 Å². The Morgan fingerprint density at radius 1 is 1.43 bits per heavy atom. The van der Waals surface area contributed by atoms with E-state index in [4.69, 9.17) is 5.73 Å². The number of nitrogens with zero attached hydrogens (tertiary/aromatic N) is 2. The van der Waals surface area contributed by atoms with Crippen LogP contribution in [0.2, 0.25) is 0 Å². The molecule has 0 spiro atoms. The molecule has 2 heterocycles. The molecule has 3 atom stereocenters. The standard InChI is InChI=1S/C12H16FN3O2.2CH4.H2S/c13-9-3-6-16(7-9)12(18)10(14)11(17)8-1-4-15-5-2-8;;;/h1-2,4-5,9-11,17H,3,6-7,14H2;2*1H4;1H2/t9-,10?,11?;;;/m0.../s1. The van der Waals surface area contributed by atoms with Crippen molar-refractivity contribution in [2.75, 3.05) is 13.1 Å². The first-order valence-corrected chi connectivity index (χ1v) is 5.86. The maximum absolute atomic E-state index is 13.0. The van der Waals surface area contributed by atoms with Gasteiger partial charge in [0.1, 0.15) is 18.3 Å². The Morgan fingerprint density at radius 2 is 2.00 bits per heavy atom. The molecular weight excluding hydrogens is 293 g/mol. The summed E-state index contributed by atoms with van der Waals surface area (Å²) in [6, 6.07) is 2.12. The van der Waals surface area contributed by atoms with E-state index in [2.05, 4.69) is 4.98 Å². The summed E-state index contributed by atoms with van der Waals surface area (Å²) in [6.07, 6.45) is 1.29. The molecule has 1 aliphatic rings. The minimum absolute atomic E-state index is 0. The topological polar surface area (TPSA) is 79.5 Å². The zero-order valence-corrected chi connectivity index (χ0v) is 11.4. The first-order valence-electron chi connectivity index (χ1n) is 5.86. The fourth-order valence-electron chi connectivity index (χ4n) is 2.03. The summed E-state index contributed by atoms with van der Waals surface area (Å²) >= 11 is 0. The maximum Gasteiger partial charge on any atom is 0.242 e. The molecule has 1 amide bonds. The Hall–Kier alpha value is -1.18. The van der Waals surface area contributed by atoms with E-state index in [1.807, 2.05) is 0 Å². The van der Waals surface area contributed by atoms with Gasteiger partial charge in [0.2, 0.25) is 5.91 Å². The average Bonchev–Trinajstić information content (AvgIpc) is 2.84. The Kier molecular flexibility index (Phi) is 10.2. The molecule has 5 nitrogen and oxygen atoms in total. The van der Waals surface area contributed by atoms with Gasteiger partial charge in [0, 0.05) is 18.9 Å². The van der Waals surface area contributed by atoms with Crippen LogP contribution in [-0.2, 0) is 4.79 Å². The molecule has 0 radical (unpaired) electrons. The Morgan fingerprint density at radius 3 is 2.48 bits per heavy atom. The Balaban J connectivity index is 0. The molecule has 1 aromatic heterocycles. The van der Waals surface area contributed by atoms with Gasteiger partial charge < -0.3 is 15.7 Å². The van der Waals surface area contributed by atoms with E-state index in [0.717, 1.165) is 0 Å². The van der Waals surface area contributed by atoms with Crippen molar-refractivity contribution in [1.29, 1.82) is 0 Å². The van der Waals surface area contributed by atoms with Gasteiger partial charge >= 0.3 is 0 Å². The zero-order valence-electron chi connectivity index (χ0n) is 10.4. The maximum atomic E-state index is 13.0. The first-order chi connectivity index (χ1) is 8.59. The molecule has 1 aromatic rings. The molecule has 1 fully saturated rings. The van der Waals surface area contributed by atoms with Gasteiger partial charge in [0.15, 0.2) is 0 Å². The van der Waals surface area contributed by atoms with Gasteiger partial charge in [-0.25, -0.2) is 4.39 Å². The van der Waals surface area contributed by atoms with Crippen molar-refractivity contribution in [2.45, 2.75) is 39.6 Å². The zero-order chi connectivity index (χ0) is 13.1. The molecule has 2 unspecified atom stereocenters. The number of aliphatic hydroxyl groups excluding tert-OH is 1. The second kappa shape index (κ2) is 9.70. The summed E-state index contributed by atoms with van der Waals surface area (Å²) in [5.41, 5.74) is 6.26. The predicted molar refractivity (Wildman–Crippen MR) is 87.1 cm³/mol. The van der Waals surface area contributed by atoms with E-state index in [0.29, 0.717) is 18.5 Å². The number of aliphatic hydroxyl groups is 1. The molecule has 1 aliphatic heterocycles. The van der Waals surface area contributed by atoms with E-state index in [9.17, 15) is 14.3 Å². The number of pyridine rings is 1. The molecule has 122 valence electrons. The number of hydrogen-bond acceptors (Lipinski definition) is 4. The molecule has 0 aliphatic carbocycles. The van der Waals surface area contributed by atoms with Crippen molar-refractivity contribution < 1.29 is 14.3 Å². The highest BCUT2D eigenvalue weighted by molar-refractivity contribution is 7.59. The third kappa shape index (κ3) is 5.26. The lowest BCUT2D eigenvalue weighted by Gasteiger charge is -2.23. The fraction of sp³-hybridized carbons (Fsp3) is 0.571. The highest BCUT2D eigenvalue weighted by atomic mass is 32.1. The molecule has 1 saturated heterocycles. The number of alkyl halides is 1. The van der Waals surface area contributed by atoms with Crippen LogP contribution in [0.15, 0.2) is 24.5 Å². The molecule has 0 saturated carbocycles. The molecule has 0 aromatic carbocycles. The van der Waals surface area contributed by atoms with Crippen LogP contribution in [0.5, 0.6) is 0 Å². The van der Waals surface area contributed by atoms with Crippen LogP contribution in [0.4, 0.5) is 4.39 Å². The van der Waals surface area contributed by atoms with Gasteiger partial charge in [0.25, 0.3) is 0 Å². The predicted octanol–water partition coefficient (Wildman–Crippen LogP) is 1.40. The van der Waals surface area contributed by atoms with Crippen LogP contribution in [0.1, 0.15) is 32.9 Å². The van der Waals surface area contributed by atoms with Gasteiger partial charge in [-0.05, 0) is 24.1 Å². The summed E-state index contributed by atoms with van der Waals surface area (Å²) in [4.78, 5) is 17.1. The molecule has 0 bridgehead atoms. The van der Waals surface area contributed by atoms with Crippen LogP contribution in [-0.4, -0.2) is 46.2 Å². The van der Waals surface area contributed by atoms with E-state index in [1.165, 1.54) is 17.3 Å². The van der Waals surface area contributed by atoms with Crippen LogP contribution in [0.25, 0.3) is 0 Å². The average molecular weight is 319 g/mol. The van der Waals surface area contributed by atoms with Crippen molar-refractivity contribution >= 4 is 19.4 Å². The lowest BCUT2D eigenvalue weighted by molar-refractivity contribution is -0.134. The quantitative estimate of drug-likeness (QED) is 0.882. The van der Waals surface area contributed by atoms with Gasteiger partial charge in [-0.1, -0.05) is 14.9 Å². The van der Waals surface area contributed by atoms with Crippen molar-refractivity contribution in [3.05, 3.63) is 30.1 Å². The number of aromatic nitrogens is 1. The summed E-state index contributed by atoms with van der Waals surface area (Å²) < 4.78 is 13.0. The summed E-state index contributed by atoms with van der Waals surface area (Å²) in [6.45, 7) is 0.423. The first kappa shape index (κ1) is 22.1. The van der Waals surface area contributed by atoms with Crippen LogP contribution < -0.4 is 5.73 Å². The highest BCUT2D eigenvalue weighted by Gasteiger charge is 2.32. The molecule has 3 N–H and O–H groups in total. The number of hydrogen-bond donors (Lipinski definition) is 2. The van der Waals surface area contributed by atoms with Gasteiger partial charge in [0.05, 0.1) is 6.54 Å². The van der Waals surface area contributed by atoms with Crippen LogP contribution in [0.3, 0.4) is 0 Å². The van der Waals surface area contributed by atoms with Gasteiger partial charge in [-0.2, -0.15) is 13.5 Å². The molecule has 21 heavy (non-hydrogen) atoms. The smallest absolute Gasteiger partial charge is 0.242 e. The molecule has 2 rings (SSSR count). The Labute approximate surface area is 132 Å². The minimum Gasteiger partial charge on any atom is -0.386 e. The largest absolute Gasteiger partial charge is 0.386 e. The normalized spacial score (nSPS) is 19.6. The van der Waals surface area contributed by atoms with E-state index in [-0.39, 0.29) is 34.9 Å². The summed E-state index contributed by atoms with van der Waals surface area (Å²) in [5, 5.41) is 9.99. The lowest BCUT2D eigenvalue weighted by atomic mass is 10.0. The number of amides is 1. The second-order valence-corrected chi connectivity index (χ2v) is 4.42. The van der Waals surface area contributed by atoms with E-state index in [1.54, 1.807) is 12.1 Å². The Bertz CT molecular complexity index is 422. The SMILES string of the molecule is C.C.NC(C(=O)N1CC[C@H](F)C1)C(O)c1ccncc1.S. The minimum atomic E-state index is -1.10. The van der Waals surface area contributed by atoms with Crippen LogP contribution >= 0.6 is 13.5 Å². The number of halogens is 1. The highest BCUT2D eigenvalue weighted by Crippen LogP contribution is 2.19.